The van der Waals surface area contributed by atoms with E-state index in [0.29, 0.717) is 0 Å². The second kappa shape index (κ2) is 6.62. The van der Waals surface area contributed by atoms with E-state index in [-0.39, 0.29) is 19.0 Å². The lowest BCUT2D eigenvalue weighted by molar-refractivity contribution is 0.0528. The van der Waals surface area contributed by atoms with Gasteiger partial charge in [0.15, 0.2) is 0 Å². The highest BCUT2D eigenvalue weighted by Crippen LogP contribution is 2.06. The second-order valence-electron chi connectivity index (χ2n) is 4.69. The van der Waals surface area contributed by atoms with Gasteiger partial charge in [0.25, 0.3) is 0 Å². The minimum absolute atomic E-state index is 0.248. The van der Waals surface area contributed by atoms with Gasteiger partial charge in [-0.2, -0.15) is 0 Å². The van der Waals surface area contributed by atoms with Crippen LogP contribution in [0.1, 0.15) is 20.8 Å². The van der Waals surface area contributed by atoms with Crippen LogP contribution in [0.2, 0.25) is 0 Å². The van der Waals surface area contributed by atoms with Crippen LogP contribution in [0.5, 0.6) is 0 Å². The smallest absolute Gasteiger partial charge is 0.407 e. The lowest BCUT2D eigenvalue weighted by Gasteiger charge is -2.19. The van der Waals surface area contributed by atoms with E-state index in [4.69, 9.17) is 9.26 Å². The Balaban J connectivity index is 2.10. The van der Waals surface area contributed by atoms with Crippen LogP contribution in [-0.4, -0.2) is 36.0 Å². The third-order valence-electron chi connectivity index (χ3n) is 1.75. The van der Waals surface area contributed by atoms with Crippen LogP contribution < -0.4 is 16.0 Å². The largest absolute Gasteiger partial charge is 0.444 e. The molecule has 0 unspecified atom stereocenters. The quantitative estimate of drug-likeness (QED) is 0.715. The van der Waals surface area contributed by atoms with Crippen LogP contribution in [0.4, 0.5) is 15.5 Å². The Kier molecular flexibility index (Phi) is 5.16. The van der Waals surface area contributed by atoms with Crippen molar-refractivity contribution in [2.24, 2.45) is 0 Å². The first-order valence-corrected chi connectivity index (χ1v) is 5.79. The van der Waals surface area contributed by atoms with Crippen LogP contribution in [-0.2, 0) is 4.74 Å². The molecular formula is C11H18N4O4. The summed E-state index contributed by atoms with van der Waals surface area (Å²) in [7, 11) is 0. The molecule has 106 valence electrons. The molecule has 0 atom stereocenters. The first-order valence-electron chi connectivity index (χ1n) is 5.79. The lowest BCUT2D eigenvalue weighted by atomic mass is 10.2. The molecule has 0 saturated carbocycles. The third-order valence-corrected chi connectivity index (χ3v) is 1.75. The number of carbonyl (C=O) groups excluding carboxylic acids is 2. The van der Waals surface area contributed by atoms with E-state index < -0.39 is 17.7 Å². The van der Waals surface area contributed by atoms with Crippen molar-refractivity contribution in [1.82, 2.24) is 15.8 Å². The molecule has 0 aromatic carbocycles. The summed E-state index contributed by atoms with van der Waals surface area (Å²) in [5.74, 6) is 0.248. The summed E-state index contributed by atoms with van der Waals surface area (Å²) in [4.78, 5) is 22.6. The minimum atomic E-state index is -0.541. The maximum absolute atomic E-state index is 11.3. The fourth-order valence-electron chi connectivity index (χ4n) is 1.09. The normalized spacial score (nSPS) is 10.7. The summed E-state index contributed by atoms with van der Waals surface area (Å²) in [6.45, 7) is 5.85. The number of alkyl carbamates (subject to hydrolysis) is 1. The van der Waals surface area contributed by atoms with Crippen molar-refractivity contribution in [1.29, 1.82) is 0 Å². The Labute approximate surface area is 110 Å². The summed E-state index contributed by atoms with van der Waals surface area (Å²) in [6.07, 6.45) is 0.893. The van der Waals surface area contributed by atoms with Crippen molar-refractivity contribution in [3.05, 3.63) is 12.3 Å². The van der Waals surface area contributed by atoms with Gasteiger partial charge in [0.2, 0.25) is 5.88 Å². The summed E-state index contributed by atoms with van der Waals surface area (Å²) < 4.78 is 9.72. The zero-order valence-electron chi connectivity index (χ0n) is 11.1. The van der Waals surface area contributed by atoms with E-state index in [0.717, 1.165) is 0 Å². The summed E-state index contributed by atoms with van der Waals surface area (Å²) in [6, 6.07) is 1.07. The van der Waals surface area contributed by atoms with E-state index in [1.165, 1.54) is 12.3 Å². The van der Waals surface area contributed by atoms with Crippen molar-refractivity contribution < 1.29 is 18.8 Å². The number of carbonyl (C=O) groups is 2. The minimum Gasteiger partial charge on any atom is -0.444 e. The topological polar surface area (TPSA) is 105 Å². The zero-order chi connectivity index (χ0) is 14.3. The molecule has 0 saturated heterocycles. The Morgan fingerprint density at radius 1 is 1.32 bits per heavy atom. The van der Waals surface area contributed by atoms with Gasteiger partial charge in [-0.25, -0.2) is 9.59 Å². The number of nitrogens with zero attached hydrogens (tertiary/aromatic N) is 1. The van der Waals surface area contributed by atoms with Crippen molar-refractivity contribution in [3.8, 4) is 0 Å². The van der Waals surface area contributed by atoms with Crippen LogP contribution >= 0.6 is 0 Å². The Bertz CT molecular complexity index is 411. The number of amides is 3. The van der Waals surface area contributed by atoms with Gasteiger partial charge >= 0.3 is 12.1 Å². The van der Waals surface area contributed by atoms with Gasteiger partial charge in [-0.1, -0.05) is 5.16 Å². The van der Waals surface area contributed by atoms with Crippen LogP contribution in [0.25, 0.3) is 0 Å². The molecule has 3 amide bonds. The van der Waals surface area contributed by atoms with Crippen molar-refractivity contribution in [2.45, 2.75) is 26.4 Å². The molecule has 0 aliphatic carbocycles. The highest BCUT2D eigenvalue weighted by atomic mass is 16.6. The molecule has 8 heteroatoms. The summed E-state index contributed by atoms with van der Waals surface area (Å²) in [5, 5.41) is 10.9. The molecule has 19 heavy (non-hydrogen) atoms. The molecule has 1 aromatic rings. The lowest BCUT2D eigenvalue weighted by Crippen LogP contribution is -2.39. The third kappa shape index (κ3) is 6.92. The average molecular weight is 270 g/mol. The zero-order valence-corrected chi connectivity index (χ0v) is 11.1. The second-order valence-corrected chi connectivity index (χ2v) is 4.69. The van der Waals surface area contributed by atoms with Crippen molar-refractivity contribution in [2.75, 3.05) is 18.4 Å². The number of hydrogen-bond donors (Lipinski definition) is 3. The van der Waals surface area contributed by atoms with Gasteiger partial charge in [-0.3, -0.25) is 5.32 Å². The number of rotatable bonds is 4. The van der Waals surface area contributed by atoms with E-state index >= 15 is 0 Å². The Morgan fingerprint density at radius 3 is 2.58 bits per heavy atom. The number of ether oxygens (including phenoxy) is 1. The number of nitrogens with one attached hydrogen (secondary N) is 3. The van der Waals surface area contributed by atoms with Gasteiger partial charge < -0.3 is 19.9 Å². The molecule has 1 heterocycles. The molecule has 0 spiro atoms. The average Bonchev–Trinajstić information content (AvgIpc) is 2.74. The molecule has 0 bridgehead atoms. The SMILES string of the molecule is CC(C)(C)OC(=O)NCCNC(=O)Nc1ccno1. The Hall–Kier alpha value is -2.25. The first-order chi connectivity index (χ1) is 8.87. The molecule has 1 rings (SSSR count). The number of aromatic nitrogens is 1. The number of hydrogen-bond acceptors (Lipinski definition) is 5. The standard InChI is InChI=1S/C11H18N4O4/c1-11(2,3)18-10(17)13-7-6-12-9(16)15-8-4-5-14-19-8/h4-5H,6-7H2,1-3H3,(H,13,17)(H2,12,15,16). The van der Waals surface area contributed by atoms with E-state index in [1.54, 1.807) is 20.8 Å². The molecule has 3 N–H and O–H groups in total. The molecule has 8 nitrogen and oxygen atoms in total. The molecule has 0 aliphatic rings. The van der Waals surface area contributed by atoms with Gasteiger partial charge in [0.1, 0.15) is 5.60 Å². The van der Waals surface area contributed by atoms with E-state index in [2.05, 4.69) is 21.1 Å². The van der Waals surface area contributed by atoms with Gasteiger partial charge in [-0.05, 0) is 20.8 Å². The highest BCUT2D eigenvalue weighted by molar-refractivity contribution is 5.87. The molecular weight excluding hydrogens is 252 g/mol. The first kappa shape index (κ1) is 14.8. The highest BCUT2D eigenvalue weighted by Gasteiger charge is 2.15. The van der Waals surface area contributed by atoms with Gasteiger partial charge in [0.05, 0.1) is 6.20 Å². The number of urea groups is 1. The van der Waals surface area contributed by atoms with E-state index in [9.17, 15) is 9.59 Å². The Morgan fingerprint density at radius 2 is 2.00 bits per heavy atom. The molecule has 1 aromatic heterocycles. The predicted octanol–water partition coefficient (Wildman–Crippen LogP) is 1.32. The predicted molar refractivity (Wildman–Crippen MR) is 67.8 cm³/mol. The van der Waals surface area contributed by atoms with Crippen LogP contribution in [0, 0.1) is 0 Å². The maximum atomic E-state index is 11.3. The van der Waals surface area contributed by atoms with Crippen LogP contribution in [0.15, 0.2) is 16.8 Å². The fraction of sp³-hybridized carbons (Fsp3) is 0.545. The summed E-state index contributed by atoms with van der Waals surface area (Å²) in [5.41, 5.74) is -0.541. The molecule has 0 aliphatic heterocycles. The van der Waals surface area contributed by atoms with E-state index in [1.807, 2.05) is 0 Å². The maximum Gasteiger partial charge on any atom is 0.407 e. The fourth-order valence-corrected chi connectivity index (χ4v) is 1.09. The van der Waals surface area contributed by atoms with Gasteiger partial charge in [0, 0.05) is 19.2 Å². The summed E-state index contributed by atoms with van der Waals surface area (Å²) >= 11 is 0. The molecule has 0 radical (unpaired) electrons. The van der Waals surface area contributed by atoms with Crippen molar-refractivity contribution in [3.63, 3.8) is 0 Å². The van der Waals surface area contributed by atoms with Crippen molar-refractivity contribution >= 4 is 18.0 Å². The monoisotopic (exact) mass is 270 g/mol. The number of anilines is 1. The van der Waals surface area contributed by atoms with Crippen LogP contribution in [0.3, 0.4) is 0 Å². The van der Waals surface area contributed by atoms with Gasteiger partial charge in [-0.15, -0.1) is 0 Å². The molecule has 0 fully saturated rings.